The monoisotopic (exact) mass is 643 g/mol. The maximum atomic E-state index is 13.5. The first-order chi connectivity index (χ1) is 20.7. The lowest BCUT2D eigenvalue weighted by Crippen LogP contribution is -2.53. The van der Waals surface area contributed by atoms with E-state index in [1.165, 1.54) is 24.4 Å². The number of fused-ring (bicyclic) bond motifs is 1. The lowest BCUT2D eigenvalue weighted by Gasteiger charge is -2.40. The van der Waals surface area contributed by atoms with Gasteiger partial charge >= 0.3 is 0 Å². The van der Waals surface area contributed by atoms with Crippen molar-refractivity contribution in [2.75, 3.05) is 44.1 Å². The summed E-state index contributed by atoms with van der Waals surface area (Å²) >= 11 is 11.9. The Bertz CT molecular complexity index is 1750. The fourth-order valence-corrected chi connectivity index (χ4v) is 7.01. The van der Waals surface area contributed by atoms with E-state index in [-0.39, 0.29) is 32.4 Å². The zero-order valence-corrected chi connectivity index (χ0v) is 25.8. The number of nitrogens with zero attached hydrogens (tertiary/aromatic N) is 4. The number of rotatable bonds is 7. The number of piperazine rings is 1. The van der Waals surface area contributed by atoms with E-state index in [9.17, 15) is 13.2 Å². The van der Waals surface area contributed by atoms with Crippen molar-refractivity contribution < 1.29 is 22.7 Å². The topological polar surface area (TPSA) is 106 Å². The number of carbonyl (C=O) groups is 1. The van der Waals surface area contributed by atoms with E-state index < -0.39 is 10.0 Å². The van der Waals surface area contributed by atoms with Crippen molar-refractivity contribution in [2.24, 2.45) is 7.05 Å². The lowest BCUT2D eigenvalue weighted by atomic mass is 10.1. The summed E-state index contributed by atoms with van der Waals surface area (Å²) in [5.41, 5.74) is 1.80. The van der Waals surface area contributed by atoms with E-state index in [0.29, 0.717) is 30.6 Å². The second-order valence-electron chi connectivity index (χ2n) is 10.6. The van der Waals surface area contributed by atoms with Crippen LogP contribution < -0.4 is 9.46 Å². The Labute approximate surface area is 260 Å². The van der Waals surface area contributed by atoms with E-state index in [2.05, 4.69) is 14.6 Å². The molecular formula is C30H31Cl2N5O5S. The Morgan fingerprint density at radius 2 is 1.74 bits per heavy atom. The molecule has 0 atom stereocenters. The normalized spacial score (nSPS) is 16.9. The molecule has 226 valence electrons. The molecule has 2 fully saturated rings. The summed E-state index contributed by atoms with van der Waals surface area (Å²) in [5, 5.41) is 1.28. The largest absolute Gasteiger partial charge is 0.439 e. The van der Waals surface area contributed by atoms with E-state index in [0.717, 1.165) is 50.0 Å². The fraction of sp³-hybridized carbons (Fsp3) is 0.333. The number of nitrogens with one attached hydrogen (secondary N) is 1. The summed E-state index contributed by atoms with van der Waals surface area (Å²) in [4.78, 5) is 22.1. The molecular weight excluding hydrogens is 613 g/mol. The number of halogens is 2. The van der Waals surface area contributed by atoms with Crippen LogP contribution in [0.25, 0.3) is 10.9 Å². The van der Waals surface area contributed by atoms with Gasteiger partial charge in [-0.3, -0.25) is 14.4 Å². The number of amides is 1. The smallest absolute Gasteiger partial charge is 0.270 e. The van der Waals surface area contributed by atoms with Crippen LogP contribution in [0.3, 0.4) is 0 Å². The van der Waals surface area contributed by atoms with Crippen LogP contribution in [-0.2, 0) is 21.8 Å². The first-order valence-corrected chi connectivity index (χ1v) is 16.2. The highest BCUT2D eigenvalue weighted by molar-refractivity contribution is 7.92. The van der Waals surface area contributed by atoms with Gasteiger partial charge in [-0.2, -0.15) is 0 Å². The van der Waals surface area contributed by atoms with E-state index >= 15 is 0 Å². The Morgan fingerprint density at radius 3 is 2.44 bits per heavy atom. The molecule has 10 nitrogen and oxygen atoms in total. The molecule has 4 aromatic rings. The molecule has 0 bridgehead atoms. The van der Waals surface area contributed by atoms with E-state index in [1.54, 1.807) is 12.1 Å². The summed E-state index contributed by atoms with van der Waals surface area (Å²) in [7, 11) is -1.99. The van der Waals surface area contributed by atoms with Crippen LogP contribution in [0, 0.1) is 0 Å². The third kappa shape index (κ3) is 6.46. The Kier molecular flexibility index (Phi) is 8.52. The second-order valence-corrected chi connectivity index (χ2v) is 13.1. The minimum Gasteiger partial charge on any atom is -0.439 e. The lowest BCUT2D eigenvalue weighted by molar-refractivity contribution is 0.0135. The van der Waals surface area contributed by atoms with Gasteiger partial charge in [0, 0.05) is 69.5 Å². The number of benzene rings is 2. The molecule has 2 aliphatic heterocycles. The van der Waals surface area contributed by atoms with Crippen LogP contribution in [0.15, 0.2) is 65.7 Å². The van der Waals surface area contributed by atoms with Gasteiger partial charge in [-0.15, -0.1) is 0 Å². The van der Waals surface area contributed by atoms with Crippen LogP contribution in [0.2, 0.25) is 10.0 Å². The number of aryl methyl sites for hydroxylation is 1. The maximum Gasteiger partial charge on any atom is 0.270 e. The SMILES string of the molecule is Cn1c(C(=O)N2CCN(C3CCOCC3)CC2)cc2cc(Oc3ccc(NS(=O)(=O)c4ccc(Cl)c(Cl)c4)cn3)ccc21. The van der Waals surface area contributed by atoms with E-state index in [1.807, 2.05) is 40.8 Å². The van der Waals surface area contributed by atoms with Gasteiger partial charge in [-0.05, 0) is 61.4 Å². The molecule has 2 aliphatic rings. The highest BCUT2D eigenvalue weighted by atomic mass is 35.5. The summed E-state index contributed by atoms with van der Waals surface area (Å²) in [6.45, 7) is 4.79. The van der Waals surface area contributed by atoms with Crippen molar-refractivity contribution in [1.29, 1.82) is 0 Å². The molecule has 0 saturated carbocycles. The predicted octanol–water partition coefficient (Wildman–Crippen LogP) is 5.41. The van der Waals surface area contributed by atoms with Gasteiger partial charge < -0.3 is 18.9 Å². The third-order valence-electron chi connectivity index (χ3n) is 7.95. The summed E-state index contributed by atoms with van der Waals surface area (Å²) < 4.78 is 41.3. The molecule has 2 saturated heterocycles. The Balaban J connectivity index is 1.10. The average Bonchev–Trinajstić information content (AvgIpc) is 3.34. The van der Waals surface area contributed by atoms with Gasteiger partial charge in [0.2, 0.25) is 5.88 Å². The average molecular weight is 645 g/mol. The molecule has 4 heterocycles. The summed E-state index contributed by atoms with van der Waals surface area (Å²) in [5.74, 6) is 0.846. The molecule has 0 unspecified atom stereocenters. The number of hydrogen-bond donors (Lipinski definition) is 1. The number of anilines is 1. The van der Waals surface area contributed by atoms with Gasteiger partial charge in [-0.25, -0.2) is 13.4 Å². The van der Waals surface area contributed by atoms with Gasteiger partial charge in [-0.1, -0.05) is 23.2 Å². The zero-order valence-electron chi connectivity index (χ0n) is 23.5. The van der Waals surface area contributed by atoms with Crippen molar-refractivity contribution in [2.45, 2.75) is 23.8 Å². The maximum absolute atomic E-state index is 13.5. The number of pyridine rings is 1. The Hall–Kier alpha value is -3.35. The standard InChI is InChI=1S/C30H31Cl2N5O5S/c1-35-27-6-3-23(42-29-7-2-21(19-33-29)34-43(39,40)24-4-5-25(31)26(32)18-24)16-20(27)17-28(35)30(38)37-12-10-36(11-13-37)22-8-14-41-15-9-22/h2-7,16-19,22,34H,8-15H2,1H3. The molecule has 0 radical (unpaired) electrons. The minimum absolute atomic E-state index is 0.0199. The van der Waals surface area contributed by atoms with Crippen molar-refractivity contribution in [3.63, 3.8) is 0 Å². The Morgan fingerprint density at radius 1 is 0.977 bits per heavy atom. The highest BCUT2D eigenvalue weighted by Gasteiger charge is 2.29. The number of ether oxygens (including phenoxy) is 2. The van der Waals surface area contributed by atoms with Gasteiger partial charge in [0.25, 0.3) is 15.9 Å². The van der Waals surface area contributed by atoms with Crippen LogP contribution >= 0.6 is 23.2 Å². The fourth-order valence-electron chi connectivity index (χ4n) is 5.58. The minimum atomic E-state index is -3.89. The molecule has 2 aromatic carbocycles. The third-order valence-corrected chi connectivity index (χ3v) is 10.1. The predicted molar refractivity (Wildman–Crippen MR) is 166 cm³/mol. The molecule has 2 aromatic heterocycles. The highest BCUT2D eigenvalue weighted by Crippen LogP contribution is 2.29. The van der Waals surface area contributed by atoms with Crippen molar-refractivity contribution in [3.8, 4) is 11.6 Å². The first kappa shape index (κ1) is 29.7. The van der Waals surface area contributed by atoms with Crippen LogP contribution in [0.4, 0.5) is 5.69 Å². The summed E-state index contributed by atoms with van der Waals surface area (Å²) in [6, 6.07) is 15.2. The molecule has 0 spiro atoms. The van der Waals surface area contributed by atoms with Gasteiger partial charge in [0.05, 0.1) is 26.8 Å². The van der Waals surface area contributed by atoms with Crippen LogP contribution in [0.5, 0.6) is 11.6 Å². The zero-order chi connectivity index (χ0) is 30.1. The number of hydrogen-bond acceptors (Lipinski definition) is 7. The molecule has 1 N–H and O–H groups in total. The van der Waals surface area contributed by atoms with Gasteiger partial charge in [0.1, 0.15) is 11.4 Å². The summed E-state index contributed by atoms with van der Waals surface area (Å²) in [6.07, 6.45) is 3.48. The number of aromatic nitrogens is 2. The van der Waals surface area contributed by atoms with Crippen LogP contribution in [0.1, 0.15) is 23.3 Å². The van der Waals surface area contributed by atoms with Gasteiger partial charge in [0.15, 0.2) is 0 Å². The molecule has 6 rings (SSSR count). The molecule has 13 heteroatoms. The quantitative estimate of drug-likeness (QED) is 0.287. The second kappa shape index (κ2) is 12.3. The number of sulfonamides is 1. The number of carbonyl (C=O) groups excluding carboxylic acids is 1. The van der Waals surface area contributed by atoms with Crippen molar-refractivity contribution in [3.05, 3.63) is 76.5 Å². The van der Waals surface area contributed by atoms with E-state index in [4.69, 9.17) is 32.7 Å². The van der Waals surface area contributed by atoms with Crippen molar-refractivity contribution >= 4 is 55.7 Å². The molecule has 43 heavy (non-hydrogen) atoms. The van der Waals surface area contributed by atoms with Crippen LogP contribution in [-0.4, -0.2) is 79.1 Å². The molecule has 0 aliphatic carbocycles. The first-order valence-electron chi connectivity index (χ1n) is 14.0. The van der Waals surface area contributed by atoms with Crippen molar-refractivity contribution in [1.82, 2.24) is 19.4 Å². The molecule has 1 amide bonds.